The molecule has 6 atom stereocenters. The van der Waals surface area contributed by atoms with Crippen LogP contribution in [0.2, 0.25) is 0 Å². The highest BCUT2D eigenvalue weighted by atomic mass is 16.5. The summed E-state index contributed by atoms with van der Waals surface area (Å²) < 4.78 is 19.5. The van der Waals surface area contributed by atoms with E-state index in [1.54, 1.807) is 0 Å². The van der Waals surface area contributed by atoms with Gasteiger partial charge in [0.15, 0.2) is 0 Å². The predicted octanol–water partition coefficient (Wildman–Crippen LogP) is 1.74. The summed E-state index contributed by atoms with van der Waals surface area (Å²) in [4.78, 5) is 48.7. The maximum Gasteiger partial charge on any atom is 0.309 e. The summed E-state index contributed by atoms with van der Waals surface area (Å²) in [7, 11) is 5.26. The Balaban J connectivity index is 2.14. The summed E-state index contributed by atoms with van der Waals surface area (Å²) in [6.45, 7) is 0. The Morgan fingerprint density at radius 2 is 0.786 bits per heavy atom. The normalized spacial score (nSPS) is 32.7. The van der Waals surface area contributed by atoms with E-state index in [0.29, 0.717) is 25.7 Å². The Bertz CT molecular complexity index is 549. The van der Waals surface area contributed by atoms with E-state index >= 15 is 0 Å². The van der Waals surface area contributed by atoms with E-state index in [9.17, 15) is 19.2 Å². The maximum absolute atomic E-state index is 12.3. The summed E-state index contributed by atoms with van der Waals surface area (Å²) in [6.07, 6.45) is 3.61. The van der Waals surface area contributed by atoms with Crippen molar-refractivity contribution in [3.05, 3.63) is 0 Å². The molecule has 0 aromatic rings. The molecule has 2 aliphatic rings. The molecular weight excluding hydrogens is 368 g/mol. The molecule has 0 heterocycles. The van der Waals surface area contributed by atoms with Crippen molar-refractivity contribution in [2.45, 2.75) is 38.5 Å². The lowest BCUT2D eigenvalue weighted by Crippen LogP contribution is -2.42. The van der Waals surface area contributed by atoms with Crippen LogP contribution in [0.4, 0.5) is 0 Å². The Hall–Kier alpha value is -2.12. The van der Waals surface area contributed by atoms with Gasteiger partial charge in [-0.15, -0.1) is 0 Å². The lowest BCUT2D eigenvalue weighted by molar-refractivity contribution is -0.163. The standard InChI is InChI=1S/C20H30O8/c1-25-17(21)13-7-5-11(9-15(13)19(23)27-3)12-6-8-14(18(22)26-2)16(10-12)20(24)28-4/h11-16H,5-10H2,1-4H3/t11-,12-,13+,14+,15-,16-/m0/s1. The number of hydrogen-bond acceptors (Lipinski definition) is 8. The summed E-state index contributed by atoms with van der Waals surface area (Å²) in [5.74, 6) is -3.39. The number of rotatable bonds is 5. The monoisotopic (exact) mass is 398 g/mol. The molecule has 2 fully saturated rings. The molecule has 158 valence electrons. The Morgan fingerprint density at radius 1 is 0.500 bits per heavy atom. The molecule has 0 unspecified atom stereocenters. The third-order valence-corrected chi connectivity index (χ3v) is 6.46. The van der Waals surface area contributed by atoms with Crippen LogP contribution in [-0.2, 0) is 38.1 Å². The molecule has 2 rings (SSSR count). The largest absolute Gasteiger partial charge is 0.469 e. The van der Waals surface area contributed by atoms with Gasteiger partial charge in [0, 0.05) is 0 Å². The first-order valence-electron chi connectivity index (χ1n) is 9.69. The molecule has 0 amide bonds. The summed E-state index contributed by atoms with van der Waals surface area (Å²) in [5, 5.41) is 0. The Morgan fingerprint density at radius 3 is 1.07 bits per heavy atom. The first-order chi connectivity index (χ1) is 13.4. The number of ether oxygens (including phenoxy) is 4. The molecule has 0 bridgehead atoms. The van der Waals surface area contributed by atoms with Gasteiger partial charge in [-0.25, -0.2) is 0 Å². The van der Waals surface area contributed by atoms with Crippen molar-refractivity contribution in [3.63, 3.8) is 0 Å². The van der Waals surface area contributed by atoms with E-state index < -0.39 is 47.5 Å². The highest BCUT2D eigenvalue weighted by molar-refractivity contribution is 5.83. The first kappa shape index (κ1) is 22.2. The number of methoxy groups -OCH3 is 4. The van der Waals surface area contributed by atoms with Crippen LogP contribution < -0.4 is 0 Å². The van der Waals surface area contributed by atoms with Crippen molar-refractivity contribution in [2.75, 3.05) is 28.4 Å². The van der Waals surface area contributed by atoms with Gasteiger partial charge < -0.3 is 18.9 Å². The minimum Gasteiger partial charge on any atom is -0.469 e. The number of esters is 4. The minimum absolute atomic E-state index is 0.163. The molecule has 0 saturated heterocycles. The molecule has 0 aromatic heterocycles. The highest BCUT2D eigenvalue weighted by Crippen LogP contribution is 2.46. The number of hydrogen-bond donors (Lipinski definition) is 0. The smallest absolute Gasteiger partial charge is 0.309 e. The lowest BCUT2D eigenvalue weighted by atomic mass is 9.63. The molecule has 0 N–H and O–H groups in total. The van der Waals surface area contributed by atoms with Crippen LogP contribution in [0.15, 0.2) is 0 Å². The van der Waals surface area contributed by atoms with Crippen molar-refractivity contribution in [1.29, 1.82) is 0 Å². The van der Waals surface area contributed by atoms with Crippen molar-refractivity contribution in [1.82, 2.24) is 0 Å². The second kappa shape index (κ2) is 9.89. The predicted molar refractivity (Wildman–Crippen MR) is 96.7 cm³/mol. The van der Waals surface area contributed by atoms with Gasteiger partial charge in [0.1, 0.15) is 0 Å². The SMILES string of the molecule is COC(=O)[C@H]1C[C@@H]([C@H]2CC[C@@H](C(=O)OC)[C@@H](C(=O)OC)C2)CC[C@H]1C(=O)OC. The molecule has 28 heavy (non-hydrogen) atoms. The third kappa shape index (κ3) is 4.64. The minimum atomic E-state index is -0.550. The van der Waals surface area contributed by atoms with Gasteiger partial charge in [-0.1, -0.05) is 0 Å². The van der Waals surface area contributed by atoms with Crippen molar-refractivity contribution in [2.24, 2.45) is 35.5 Å². The summed E-state index contributed by atoms with van der Waals surface area (Å²) in [5.41, 5.74) is 0. The topological polar surface area (TPSA) is 105 Å². The van der Waals surface area contributed by atoms with E-state index in [1.807, 2.05) is 0 Å². The average Bonchev–Trinajstić information content (AvgIpc) is 2.75. The Kier molecular flexibility index (Phi) is 7.83. The molecule has 8 heteroatoms. The average molecular weight is 398 g/mol. The van der Waals surface area contributed by atoms with Crippen LogP contribution >= 0.6 is 0 Å². The van der Waals surface area contributed by atoms with Crippen molar-refractivity contribution >= 4 is 23.9 Å². The van der Waals surface area contributed by atoms with E-state index in [4.69, 9.17) is 18.9 Å². The van der Waals surface area contributed by atoms with Crippen LogP contribution in [0.5, 0.6) is 0 Å². The van der Waals surface area contributed by atoms with E-state index in [0.717, 1.165) is 12.8 Å². The van der Waals surface area contributed by atoms with Crippen LogP contribution in [0.3, 0.4) is 0 Å². The van der Waals surface area contributed by atoms with Crippen LogP contribution in [-0.4, -0.2) is 52.3 Å². The van der Waals surface area contributed by atoms with E-state index in [1.165, 1.54) is 28.4 Å². The fourth-order valence-corrected chi connectivity index (χ4v) is 4.95. The first-order valence-corrected chi connectivity index (χ1v) is 9.69. The van der Waals surface area contributed by atoms with Gasteiger partial charge in [-0.2, -0.15) is 0 Å². The molecule has 0 radical (unpaired) electrons. The van der Waals surface area contributed by atoms with Crippen LogP contribution in [0.1, 0.15) is 38.5 Å². The fourth-order valence-electron chi connectivity index (χ4n) is 4.95. The lowest BCUT2D eigenvalue weighted by Gasteiger charge is -2.41. The molecule has 0 aromatic carbocycles. The zero-order valence-electron chi connectivity index (χ0n) is 17.0. The Labute approximate surface area is 165 Å². The zero-order valence-corrected chi connectivity index (χ0v) is 17.0. The van der Waals surface area contributed by atoms with Crippen molar-refractivity contribution < 1.29 is 38.1 Å². The second-order valence-corrected chi connectivity index (χ2v) is 7.66. The fraction of sp³-hybridized carbons (Fsp3) is 0.800. The van der Waals surface area contributed by atoms with Gasteiger partial charge in [-0.3, -0.25) is 19.2 Å². The second-order valence-electron chi connectivity index (χ2n) is 7.66. The maximum atomic E-state index is 12.3. The van der Waals surface area contributed by atoms with Gasteiger partial charge in [-0.05, 0) is 50.4 Å². The van der Waals surface area contributed by atoms with Crippen molar-refractivity contribution in [3.8, 4) is 0 Å². The molecule has 2 saturated carbocycles. The molecular formula is C20H30O8. The van der Waals surface area contributed by atoms with E-state index in [2.05, 4.69) is 0 Å². The number of carbonyl (C=O) groups excluding carboxylic acids is 4. The molecule has 0 spiro atoms. The van der Waals surface area contributed by atoms with Gasteiger partial charge in [0.05, 0.1) is 52.1 Å². The zero-order chi connectivity index (χ0) is 20.8. The van der Waals surface area contributed by atoms with Gasteiger partial charge in [0.25, 0.3) is 0 Å². The number of carbonyl (C=O) groups is 4. The molecule has 8 nitrogen and oxygen atoms in total. The van der Waals surface area contributed by atoms with Crippen LogP contribution in [0, 0.1) is 35.5 Å². The molecule has 0 aliphatic heterocycles. The highest BCUT2D eigenvalue weighted by Gasteiger charge is 2.47. The van der Waals surface area contributed by atoms with Gasteiger partial charge in [0.2, 0.25) is 0 Å². The summed E-state index contributed by atoms with van der Waals surface area (Å²) >= 11 is 0. The van der Waals surface area contributed by atoms with E-state index in [-0.39, 0.29) is 11.8 Å². The van der Waals surface area contributed by atoms with Gasteiger partial charge >= 0.3 is 23.9 Å². The quantitative estimate of drug-likeness (QED) is 0.509. The van der Waals surface area contributed by atoms with Crippen LogP contribution in [0.25, 0.3) is 0 Å². The third-order valence-electron chi connectivity index (χ3n) is 6.46. The summed E-state index contributed by atoms with van der Waals surface area (Å²) in [6, 6.07) is 0. The molecule has 2 aliphatic carbocycles.